The first-order valence-corrected chi connectivity index (χ1v) is 8.79. The number of aryl methyl sites for hydroxylation is 1. The van der Waals surface area contributed by atoms with E-state index in [1.54, 1.807) is 24.3 Å². The lowest BCUT2D eigenvalue weighted by atomic mass is 10.2. The molecule has 29 heavy (non-hydrogen) atoms. The highest BCUT2D eigenvalue weighted by molar-refractivity contribution is 6.01. The predicted octanol–water partition coefficient (Wildman–Crippen LogP) is 1.78. The molecule has 0 radical (unpaired) electrons. The van der Waals surface area contributed by atoms with Crippen molar-refractivity contribution in [2.24, 2.45) is 0 Å². The minimum Gasteiger partial charge on any atom is -0.465 e. The van der Waals surface area contributed by atoms with Gasteiger partial charge in [-0.2, -0.15) is 0 Å². The molecule has 0 bridgehead atoms. The van der Waals surface area contributed by atoms with Crippen molar-refractivity contribution >= 4 is 34.1 Å². The Kier molecular flexibility index (Phi) is 4.55. The van der Waals surface area contributed by atoms with Crippen LogP contribution >= 0.6 is 0 Å². The summed E-state index contributed by atoms with van der Waals surface area (Å²) in [6.45, 7) is 1.62. The van der Waals surface area contributed by atoms with Gasteiger partial charge in [-0.25, -0.2) is 23.7 Å². The second-order valence-corrected chi connectivity index (χ2v) is 6.48. The summed E-state index contributed by atoms with van der Waals surface area (Å²) in [5.41, 5.74) is 2.17. The number of aromatic nitrogens is 4. The number of benzene rings is 2. The van der Waals surface area contributed by atoms with E-state index in [4.69, 9.17) is 4.74 Å². The zero-order valence-corrected chi connectivity index (χ0v) is 15.7. The van der Waals surface area contributed by atoms with Crippen molar-refractivity contribution in [3.8, 4) is 0 Å². The number of carbonyl (C=O) groups excluding carboxylic acids is 2. The molecule has 9 heteroatoms. The van der Waals surface area contributed by atoms with Gasteiger partial charge in [-0.3, -0.25) is 4.79 Å². The average Bonchev–Trinajstić information content (AvgIpc) is 3.03. The Bertz CT molecular complexity index is 1320. The quantitative estimate of drug-likeness (QED) is 0.532. The number of hydrogen-bond acceptors (Lipinski definition) is 6. The van der Waals surface area contributed by atoms with Crippen LogP contribution in [0.1, 0.15) is 15.9 Å². The summed E-state index contributed by atoms with van der Waals surface area (Å²) in [5, 5.41) is 7.66. The van der Waals surface area contributed by atoms with Crippen LogP contribution in [-0.4, -0.2) is 38.2 Å². The van der Waals surface area contributed by atoms with Crippen molar-refractivity contribution < 1.29 is 14.3 Å². The van der Waals surface area contributed by atoms with Gasteiger partial charge in [0.05, 0.1) is 23.9 Å². The predicted molar refractivity (Wildman–Crippen MR) is 106 cm³/mol. The molecule has 1 N–H and O–H groups in total. The Labute approximate surface area is 164 Å². The van der Waals surface area contributed by atoms with Crippen LogP contribution < -0.4 is 11.0 Å². The third kappa shape index (κ3) is 3.33. The molecule has 0 spiro atoms. The Morgan fingerprint density at radius 1 is 1.17 bits per heavy atom. The van der Waals surface area contributed by atoms with Gasteiger partial charge in [-0.05, 0) is 31.2 Å². The minimum atomic E-state index is -0.571. The maximum absolute atomic E-state index is 12.6. The van der Waals surface area contributed by atoms with Crippen LogP contribution in [0.25, 0.3) is 16.6 Å². The molecule has 0 aliphatic carbocycles. The van der Waals surface area contributed by atoms with Crippen LogP contribution in [0, 0.1) is 6.92 Å². The Hall–Kier alpha value is -4.01. The number of ether oxygens (including phenoxy) is 1. The molecule has 0 aliphatic rings. The molecular formula is C20H17N5O4. The number of methoxy groups -OCH3 is 1. The van der Waals surface area contributed by atoms with Crippen molar-refractivity contribution in [1.29, 1.82) is 0 Å². The molecule has 0 saturated heterocycles. The summed E-state index contributed by atoms with van der Waals surface area (Å²) in [6.07, 6.45) is 1.39. The molecule has 0 atom stereocenters. The van der Waals surface area contributed by atoms with Crippen molar-refractivity contribution in [2.75, 3.05) is 12.4 Å². The van der Waals surface area contributed by atoms with Crippen molar-refractivity contribution in [3.05, 3.63) is 70.4 Å². The van der Waals surface area contributed by atoms with Gasteiger partial charge in [0.1, 0.15) is 12.9 Å². The summed E-state index contributed by atoms with van der Waals surface area (Å²) in [4.78, 5) is 41.3. The van der Waals surface area contributed by atoms with E-state index in [2.05, 4.69) is 15.4 Å². The molecule has 4 rings (SSSR count). The molecule has 146 valence electrons. The maximum atomic E-state index is 12.6. The number of nitrogens with zero attached hydrogens (tertiary/aromatic N) is 4. The highest BCUT2D eigenvalue weighted by atomic mass is 16.5. The number of anilines is 1. The average molecular weight is 391 g/mol. The van der Waals surface area contributed by atoms with Gasteiger partial charge in [-0.15, -0.1) is 5.10 Å². The summed E-state index contributed by atoms with van der Waals surface area (Å²) in [6, 6.07) is 12.1. The number of rotatable bonds is 4. The molecule has 2 heterocycles. The first-order chi connectivity index (χ1) is 14.0. The molecule has 2 aromatic heterocycles. The van der Waals surface area contributed by atoms with E-state index in [0.717, 1.165) is 15.6 Å². The standard InChI is InChI=1S/C20H17N5O4/c1-12-7-8-15-14(9-12)18-23-25(20(28)24(18)11-21-15)10-17(26)22-16-6-4-3-5-13(16)19(27)29-2/h3-9,11H,10H2,1-2H3,(H,22,26). The third-order valence-corrected chi connectivity index (χ3v) is 4.48. The minimum absolute atomic E-state index is 0.219. The zero-order chi connectivity index (χ0) is 20.5. The number of esters is 1. The van der Waals surface area contributed by atoms with Crippen LogP contribution in [0.15, 0.2) is 53.6 Å². The monoisotopic (exact) mass is 391 g/mol. The van der Waals surface area contributed by atoms with Gasteiger partial charge in [0.25, 0.3) is 0 Å². The highest BCUT2D eigenvalue weighted by Crippen LogP contribution is 2.18. The Morgan fingerprint density at radius 2 is 1.97 bits per heavy atom. The maximum Gasteiger partial charge on any atom is 0.352 e. The normalized spacial score (nSPS) is 11.0. The number of para-hydroxylation sites is 1. The van der Waals surface area contributed by atoms with Crippen LogP contribution in [0.4, 0.5) is 5.69 Å². The molecule has 0 saturated carbocycles. The number of fused-ring (bicyclic) bond motifs is 3. The summed E-state index contributed by atoms with van der Waals surface area (Å²) < 4.78 is 7.09. The summed E-state index contributed by atoms with van der Waals surface area (Å²) >= 11 is 0. The van der Waals surface area contributed by atoms with Crippen LogP contribution in [-0.2, 0) is 16.1 Å². The Balaban J connectivity index is 1.67. The van der Waals surface area contributed by atoms with E-state index in [-0.39, 0.29) is 12.1 Å². The number of hydrogen-bond donors (Lipinski definition) is 1. The van der Waals surface area contributed by atoms with E-state index in [1.807, 2.05) is 25.1 Å². The lowest BCUT2D eigenvalue weighted by Crippen LogP contribution is -2.28. The van der Waals surface area contributed by atoms with Crippen molar-refractivity contribution in [1.82, 2.24) is 19.2 Å². The molecule has 0 aliphatic heterocycles. The molecule has 2 aromatic carbocycles. The summed E-state index contributed by atoms with van der Waals surface area (Å²) in [7, 11) is 1.26. The molecular weight excluding hydrogens is 374 g/mol. The first kappa shape index (κ1) is 18.4. The van der Waals surface area contributed by atoms with Crippen molar-refractivity contribution in [3.63, 3.8) is 0 Å². The first-order valence-electron chi connectivity index (χ1n) is 8.79. The van der Waals surface area contributed by atoms with Gasteiger partial charge in [0.2, 0.25) is 5.91 Å². The zero-order valence-electron chi connectivity index (χ0n) is 15.7. The number of amides is 1. The highest BCUT2D eigenvalue weighted by Gasteiger charge is 2.16. The van der Waals surface area contributed by atoms with E-state index < -0.39 is 17.6 Å². The van der Waals surface area contributed by atoms with Gasteiger partial charge in [-0.1, -0.05) is 23.8 Å². The van der Waals surface area contributed by atoms with Crippen LogP contribution in [0.2, 0.25) is 0 Å². The van der Waals surface area contributed by atoms with E-state index in [9.17, 15) is 14.4 Å². The molecule has 9 nitrogen and oxygen atoms in total. The number of nitrogens with one attached hydrogen (secondary N) is 1. The lowest BCUT2D eigenvalue weighted by molar-refractivity contribution is -0.117. The lowest BCUT2D eigenvalue weighted by Gasteiger charge is -2.09. The molecule has 0 unspecified atom stereocenters. The topological polar surface area (TPSA) is 108 Å². The SMILES string of the molecule is COC(=O)c1ccccc1NC(=O)Cn1nc2c3cc(C)ccc3ncn2c1=O. The van der Waals surface area contributed by atoms with Crippen LogP contribution in [0.5, 0.6) is 0 Å². The second kappa shape index (κ2) is 7.19. The van der Waals surface area contributed by atoms with Crippen molar-refractivity contribution in [2.45, 2.75) is 13.5 Å². The third-order valence-electron chi connectivity index (χ3n) is 4.48. The largest absolute Gasteiger partial charge is 0.465 e. The van der Waals surface area contributed by atoms with Gasteiger partial charge >= 0.3 is 11.7 Å². The molecule has 0 fully saturated rings. The van der Waals surface area contributed by atoms with Crippen LogP contribution in [0.3, 0.4) is 0 Å². The van der Waals surface area contributed by atoms with Gasteiger partial charge in [0.15, 0.2) is 5.65 Å². The second-order valence-electron chi connectivity index (χ2n) is 6.48. The van der Waals surface area contributed by atoms with Gasteiger partial charge < -0.3 is 10.1 Å². The fraction of sp³-hybridized carbons (Fsp3) is 0.150. The molecule has 1 amide bonds. The Morgan fingerprint density at radius 3 is 2.76 bits per heavy atom. The smallest absolute Gasteiger partial charge is 0.352 e. The van der Waals surface area contributed by atoms with E-state index >= 15 is 0 Å². The van der Waals surface area contributed by atoms with Gasteiger partial charge in [0, 0.05) is 5.39 Å². The fourth-order valence-electron chi connectivity index (χ4n) is 3.08. The van der Waals surface area contributed by atoms with E-state index in [0.29, 0.717) is 16.9 Å². The number of carbonyl (C=O) groups is 2. The molecule has 4 aromatic rings. The fourth-order valence-corrected chi connectivity index (χ4v) is 3.08. The summed E-state index contributed by atoms with van der Waals surface area (Å²) in [5.74, 6) is -1.07. The van der Waals surface area contributed by atoms with E-state index in [1.165, 1.54) is 17.8 Å².